The van der Waals surface area contributed by atoms with Crippen LogP contribution < -0.4 is 14.8 Å². The zero-order valence-corrected chi connectivity index (χ0v) is 15.3. The van der Waals surface area contributed by atoms with E-state index in [-0.39, 0.29) is 10.5 Å². The summed E-state index contributed by atoms with van der Waals surface area (Å²) in [5, 5.41) is 4.79. The van der Waals surface area contributed by atoms with E-state index in [2.05, 4.69) is 15.0 Å². The van der Waals surface area contributed by atoms with Crippen molar-refractivity contribution >= 4 is 38.1 Å². The van der Waals surface area contributed by atoms with Crippen LogP contribution in [-0.4, -0.2) is 26.4 Å². The first-order valence-electron chi connectivity index (χ1n) is 7.46. The highest BCUT2D eigenvalue weighted by atomic mass is 32.2. The minimum absolute atomic E-state index is 0.0138. The van der Waals surface area contributed by atoms with Crippen LogP contribution in [0.1, 0.15) is 10.4 Å². The zero-order valence-electron chi connectivity index (χ0n) is 13.7. The molecule has 0 aliphatic rings. The summed E-state index contributed by atoms with van der Waals surface area (Å²) in [6.07, 6.45) is 1.57. The average Bonchev–Trinajstić information content (AvgIpc) is 3.15. The molecule has 0 saturated heterocycles. The standard InChI is InChI=1S/C17H15N3O4S2/c1-24-14-7-5-13(6-8-14)20-26(22,23)15-4-2-3-12(11-15)16(21)19-17-18-9-10-25-17/h2-11,20H,1H3,(H,18,19,21). The van der Waals surface area contributed by atoms with Crippen molar-refractivity contribution in [2.75, 3.05) is 17.1 Å². The number of nitrogens with zero attached hydrogens (tertiary/aromatic N) is 1. The molecular weight excluding hydrogens is 374 g/mol. The molecule has 0 unspecified atom stereocenters. The molecule has 0 aliphatic heterocycles. The van der Waals surface area contributed by atoms with Crippen LogP contribution in [0.4, 0.5) is 10.8 Å². The Hall–Kier alpha value is -2.91. The van der Waals surface area contributed by atoms with Crippen LogP contribution >= 0.6 is 11.3 Å². The fourth-order valence-electron chi connectivity index (χ4n) is 2.13. The largest absolute Gasteiger partial charge is 0.497 e. The number of nitrogens with one attached hydrogen (secondary N) is 2. The lowest BCUT2D eigenvalue weighted by molar-refractivity contribution is 0.102. The number of anilines is 2. The van der Waals surface area contributed by atoms with Gasteiger partial charge in [-0.1, -0.05) is 6.07 Å². The van der Waals surface area contributed by atoms with Crippen molar-refractivity contribution in [1.29, 1.82) is 0 Å². The maximum Gasteiger partial charge on any atom is 0.261 e. The molecule has 0 fully saturated rings. The van der Waals surface area contributed by atoms with Crippen LogP contribution in [0.25, 0.3) is 0 Å². The molecule has 0 radical (unpaired) electrons. The van der Waals surface area contributed by atoms with Crippen molar-refractivity contribution in [2.45, 2.75) is 4.90 Å². The van der Waals surface area contributed by atoms with Crippen molar-refractivity contribution in [3.8, 4) is 5.75 Å². The third-order valence-corrected chi connectivity index (χ3v) is 5.47. The summed E-state index contributed by atoms with van der Waals surface area (Å²) in [7, 11) is -2.31. The Labute approximate surface area is 154 Å². The number of ether oxygens (including phenoxy) is 1. The van der Waals surface area contributed by atoms with Gasteiger partial charge >= 0.3 is 0 Å². The second-order valence-electron chi connectivity index (χ2n) is 5.15. The van der Waals surface area contributed by atoms with Crippen LogP contribution in [0.2, 0.25) is 0 Å². The van der Waals surface area contributed by atoms with Crippen molar-refractivity contribution in [3.05, 3.63) is 65.7 Å². The number of amides is 1. The smallest absolute Gasteiger partial charge is 0.261 e. The summed E-state index contributed by atoms with van der Waals surface area (Å²) >= 11 is 1.28. The number of hydrogen-bond acceptors (Lipinski definition) is 6. The van der Waals surface area contributed by atoms with Crippen LogP contribution in [0.15, 0.2) is 65.0 Å². The summed E-state index contributed by atoms with van der Waals surface area (Å²) in [5.74, 6) is 0.190. The van der Waals surface area contributed by atoms with Gasteiger partial charge in [-0.15, -0.1) is 11.3 Å². The monoisotopic (exact) mass is 389 g/mol. The van der Waals surface area contributed by atoms with Gasteiger partial charge in [-0.2, -0.15) is 0 Å². The van der Waals surface area contributed by atoms with E-state index in [9.17, 15) is 13.2 Å². The van der Waals surface area contributed by atoms with Crippen molar-refractivity contribution in [1.82, 2.24) is 4.98 Å². The number of rotatable bonds is 6. The van der Waals surface area contributed by atoms with Gasteiger partial charge in [0, 0.05) is 22.8 Å². The maximum absolute atomic E-state index is 12.6. The fraction of sp³-hybridized carbons (Fsp3) is 0.0588. The zero-order chi connectivity index (χ0) is 18.6. The average molecular weight is 389 g/mol. The highest BCUT2D eigenvalue weighted by molar-refractivity contribution is 7.92. The van der Waals surface area contributed by atoms with Gasteiger partial charge in [-0.3, -0.25) is 14.8 Å². The van der Waals surface area contributed by atoms with Gasteiger partial charge in [-0.25, -0.2) is 13.4 Å². The number of carbonyl (C=O) groups is 1. The number of thiazole rings is 1. The quantitative estimate of drug-likeness (QED) is 0.675. The third kappa shape index (κ3) is 4.19. The lowest BCUT2D eigenvalue weighted by Gasteiger charge is -2.10. The van der Waals surface area contributed by atoms with Crippen molar-refractivity contribution in [3.63, 3.8) is 0 Å². The first-order valence-corrected chi connectivity index (χ1v) is 9.82. The highest BCUT2D eigenvalue weighted by Gasteiger charge is 2.17. The highest BCUT2D eigenvalue weighted by Crippen LogP contribution is 2.20. The molecule has 0 aliphatic carbocycles. The molecule has 3 rings (SSSR count). The normalized spacial score (nSPS) is 11.0. The van der Waals surface area contributed by atoms with Crippen molar-refractivity contribution < 1.29 is 17.9 Å². The molecule has 134 valence electrons. The molecule has 0 spiro atoms. The number of methoxy groups -OCH3 is 1. The SMILES string of the molecule is COc1ccc(NS(=O)(=O)c2cccc(C(=O)Nc3nccs3)c2)cc1. The van der Waals surface area contributed by atoms with Gasteiger partial charge in [0.05, 0.1) is 12.0 Å². The summed E-state index contributed by atoms with van der Waals surface area (Å²) in [5.41, 5.74) is 0.612. The van der Waals surface area contributed by atoms with Gasteiger partial charge < -0.3 is 4.74 Å². The number of aromatic nitrogens is 1. The van der Waals surface area contributed by atoms with Gasteiger partial charge in [0.2, 0.25) is 0 Å². The molecule has 2 aromatic carbocycles. The molecule has 3 aromatic rings. The van der Waals surface area contributed by atoms with E-state index in [1.54, 1.807) is 35.8 Å². The molecule has 0 saturated carbocycles. The summed E-state index contributed by atoms with van der Waals surface area (Å²) in [6.45, 7) is 0. The summed E-state index contributed by atoms with van der Waals surface area (Å²) < 4.78 is 32.6. The third-order valence-electron chi connectivity index (χ3n) is 3.40. The predicted molar refractivity (Wildman–Crippen MR) is 100 cm³/mol. The Bertz CT molecular complexity index is 1000. The Morgan fingerprint density at radius 3 is 2.58 bits per heavy atom. The second-order valence-corrected chi connectivity index (χ2v) is 7.73. The van der Waals surface area contributed by atoms with E-state index < -0.39 is 15.9 Å². The van der Waals surface area contributed by atoms with E-state index in [1.165, 1.54) is 42.7 Å². The second kappa shape index (κ2) is 7.54. The Morgan fingerprint density at radius 2 is 1.92 bits per heavy atom. The molecule has 1 amide bonds. The van der Waals surface area contributed by atoms with Gasteiger partial charge in [0.1, 0.15) is 5.75 Å². The number of sulfonamides is 1. The van der Waals surface area contributed by atoms with Crippen LogP contribution in [0.5, 0.6) is 5.75 Å². The van der Waals surface area contributed by atoms with Crippen LogP contribution in [0.3, 0.4) is 0 Å². The number of hydrogen-bond donors (Lipinski definition) is 2. The first-order chi connectivity index (χ1) is 12.5. The minimum Gasteiger partial charge on any atom is -0.497 e. The molecule has 0 bridgehead atoms. The van der Waals surface area contributed by atoms with Crippen LogP contribution in [0, 0.1) is 0 Å². The van der Waals surface area contributed by atoms with Crippen LogP contribution in [-0.2, 0) is 10.0 Å². The fourth-order valence-corrected chi connectivity index (χ4v) is 3.76. The first kappa shape index (κ1) is 17.9. The molecule has 0 atom stereocenters. The maximum atomic E-state index is 12.6. The predicted octanol–water partition coefficient (Wildman–Crippen LogP) is 3.20. The molecule has 1 aromatic heterocycles. The molecule has 2 N–H and O–H groups in total. The number of carbonyl (C=O) groups excluding carboxylic acids is 1. The number of benzene rings is 2. The summed E-state index contributed by atoms with van der Waals surface area (Å²) in [4.78, 5) is 16.2. The molecule has 1 heterocycles. The minimum atomic E-state index is -3.83. The lowest BCUT2D eigenvalue weighted by atomic mass is 10.2. The van der Waals surface area contributed by atoms with Gasteiger partial charge in [0.15, 0.2) is 5.13 Å². The lowest BCUT2D eigenvalue weighted by Crippen LogP contribution is -2.15. The molecular formula is C17H15N3O4S2. The topological polar surface area (TPSA) is 97.4 Å². The molecule has 26 heavy (non-hydrogen) atoms. The Kier molecular flexibility index (Phi) is 5.19. The Balaban J connectivity index is 1.80. The van der Waals surface area contributed by atoms with E-state index >= 15 is 0 Å². The van der Waals surface area contributed by atoms with Gasteiger partial charge in [-0.05, 0) is 42.5 Å². The van der Waals surface area contributed by atoms with E-state index in [0.717, 1.165) is 0 Å². The molecule has 9 heteroatoms. The molecule has 7 nitrogen and oxygen atoms in total. The van der Waals surface area contributed by atoms with E-state index in [4.69, 9.17) is 4.74 Å². The summed E-state index contributed by atoms with van der Waals surface area (Å²) in [6, 6.07) is 12.3. The Morgan fingerprint density at radius 1 is 1.15 bits per heavy atom. The van der Waals surface area contributed by atoms with E-state index in [1.807, 2.05) is 0 Å². The van der Waals surface area contributed by atoms with E-state index in [0.29, 0.717) is 16.6 Å². The van der Waals surface area contributed by atoms with Crippen molar-refractivity contribution in [2.24, 2.45) is 0 Å². The van der Waals surface area contributed by atoms with Gasteiger partial charge in [0.25, 0.3) is 15.9 Å².